The molecule has 0 spiro atoms. The van der Waals surface area contributed by atoms with Crippen LogP contribution in [0.4, 0.5) is 0 Å². The fourth-order valence-corrected chi connectivity index (χ4v) is 2.35. The molecule has 0 aliphatic rings. The zero-order valence-electron chi connectivity index (χ0n) is 11.5. The van der Waals surface area contributed by atoms with Crippen LogP contribution in [0.25, 0.3) is 0 Å². The van der Waals surface area contributed by atoms with Gasteiger partial charge in [0.2, 0.25) is 0 Å². The molecule has 0 aliphatic carbocycles. The lowest BCUT2D eigenvalue weighted by Crippen LogP contribution is -2.18. The van der Waals surface area contributed by atoms with Gasteiger partial charge in [-0.2, -0.15) is 0 Å². The van der Waals surface area contributed by atoms with E-state index < -0.39 is 0 Å². The third-order valence-electron chi connectivity index (χ3n) is 2.48. The van der Waals surface area contributed by atoms with Crippen LogP contribution < -0.4 is 5.32 Å². The summed E-state index contributed by atoms with van der Waals surface area (Å²) in [5, 5.41) is 3.34. The van der Waals surface area contributed by atoms with Gasteiger partial charge in [-0.15, -0.1) is 11.8 Å². The second kappa shape index (κ2) is 9.20. The third kappa shape index (κ3) is 6.84. The largest absolute Gasteiger partial charge is 0.383 e. The molecule has 18 heavy (non-hydrogen) atoms. The lowest BCUT2D eigenvalue weighted by Gasteiger charge is -2.05. The molecule has 0 saturated heterocycles. The van der Waals surface area contributed by atoms with Gasteiger partial charge in [-0.25, -0.2) is 0 Å². The van der Waals surface area contributed by atoms with Gasteiger partial charge in [-0.3, -0.25) is 0 Å². The fourth-order valence-electron chi connectivity index (χ4n) is 1.42. The van der Waals surface area contributed by atoms with E-state index in [-0.39, 0.29) is 0 Å². The van der Waals surface area contributed by atoms with Crippen LogP contribution in [0.5, 0.6) is 0 Å². The number of ether oxygens (including phenoxy) is 1. The topological polar surface area (TPSA) is 21.3 Å². The second-order valence-corrected chi connectivity index (χ2v) is 5.50. The van der Waals surface area contributed by atoms with Crippen molar-refractivity contribution in [1.82, 2.24) is 5.32 Å². The molecular formula is C15H23NOS. The van der Waals surface area contributed by atoms with Crippen LogP contribution in [0, 0.1) is 0 Å². The Labute approximate surface area is 115 Å². The molecule has 0 radical (unpaired) electrons. The number of nitrogens with one attached hydrogen (secondary N) is 1. The molecule has 0 aromatic heterocycles. The summed E-state index contributed by atoms with van der Waals surface area (Å²) in [5.74, 6) is 1.05. The summed E-state index contributed by atoms with van der Waals surface area (Å²) in [7, 11) is 1.72. The lowest BCUT2D eigenvalue weighted by atomic mass is 10.2. The molecule has 1 aromatic rings. The molecule has 0 bridgehead atoms. The summed E-state index contributed by atoms with van der Waals surface area (Å²) in [6.07, 6.45) is 2.25. The Morgan fingerprint density at radius 2 is 2.00 bits per heavy atom. The van der Waals surface area contributed by atoms with Gasteiger partial charge in [-0.1, -0.05) is 23.8 Å². The van der Waals surface area contributed by atoms with Gasteiger partial charge < -0.3 is 10.1 Å². The van der Waals surface area contributed by atoms with Crippen molar-refractivity contribution in [3.05, 3.63) is 41.5 Å². The van der Waals surface area contributed by atoms with E-state index in [1.165, 1.54) is 16.0 Å². The minimum atomic E-state index is 0.761. The number of hydrogen-bond donors (Lipinski definition) is 1. The van der Waals surface area contributed by atoms with Crippen LogP contribution in [0.15, 0.2) is 40.8 Å². The number of methoxy groups -OCH3 is 1. The molecular weight excluding hydrogens is 242 g/mol. The van der Waals surface area contributed by atoms with Crippen molar-refractivity contribution >= 4 is 11.8 Å². The molecule has 3 heteroatoms. The summed E-state index contributed by atoms with van der Waals surface area (Å²) in [4.78, 5) is 1.33. The molecule has 1 aromatic carbocycles. The van der Waals surface area contributed by atoms with Crippen molar-refractivity contribution in [3.63, 3.8) is 0 Å². The first-order chi connectivity index (χ1) is 8.72. The van der Waals surface area contributed by atoms with Crippen molar-refractivity contribution in [2.45, 2.75) is 25.3 Å². The van der Waals surface area contributed by atoms with E-state index in [9.17, 15) is 0 Å². The quantitative estimate of drug-likeness (QED) is 0.442. The number of rotatable bonds is 8. The number of thioether (sulfide) groups is 1. The van der Waals surface area contributed by atoms with Crippen molar-refractivity contribution in [3.8, 4) is 0 Å². The Morgan fingerprint density at radius 3 is 2.61 bits per heavy atom. The zero-order chi connectivity index (χ0) is 13.2. The Morgan fingerprint density at radius 1 is 1.28 bits per heavy atom. The highest BCUT2D eigenvalue weighted by Crippen LogP contribution is 2.18. The van der Waals surface area contributed by atoms with Gasteiger partial charge in [-0.05, 0) is 31.5 Å². The van der Waals surface area contributed by atoms with Crippen LogP contribution in [0.1, 0.15) is 19.4 Å². The van der Waals surface area contributed by atoms with E-state index in [4.69, 9.17) is 4.74 Å². The Bertz CT molecular complexity index is 355. The minimum Gasteiger partial charge on any atom is -0.383 e. The SMILES string of the molecule is COCCNCc1ccc(SCC=C(C)C)cc1. The molecule has 0 fully saturated rings. The smallest absolute Gasteiger partial charge is 0.0587 e. The van der Waals surface area contributed by atoms with Crippen molar-refractivity contribution in [2.75, 3.05) is 26.0 Å². The molecule has 0 heterocycles. The first kappa shape index (κ1) is 15.3. The highest BCUT2D eigenvalue weighted by atomic mass is 32.2. The van der Waals surface area contributed by atoms with Crippen molar-refractivity contribution in [1.29, 1.82) is 0 Å². The normalized spacial score (nSPS) is 10.4. The number of hydrogen-bond acceptors (Lipinski definition) is 3. The summed E-state index contributed by atoms with van der Waals surface area (Å²) >= 11 is 1.87. The van der Waals surface area contributed by atoms with Crippen LogP contribution in [0.3, 0.4) is 0 Å². The summed E-state index contributed by atoms with van der Waals surface area (Å²) in [6.45, 7) is 6.83. The predicted octanol–water partition coefficient (Wildman–Crippen LogP) is 3.48. The molecule has 0 saturated carbocycles. The van der Waals surface area contributed by atoms with E-state index in [0.29, 0.717) is 0 Å². The maximum absolute atomic E-state index is 4.99. The van der Waals surface area contributed by atoms with Crippen LogP contribution in [0.2, 0.25) is 0 Å². The van der Waals surface area contributed by atoms with Crippen LogP contribution in [-0.2, 0) is 11.3 Å². The molecule has 0 atom stereocenters. The van der Waals surface area contributed by atoms with Crippen molar-refractivity contribution in [2.24, 2.45) is 0 Å². The van der Waals surface area contributed by atoms with E-state index >= 15 is 0 Å². The monoisotopic (exact) mass is 265 g/mol. The van der Waals surface area contributed by atoms with Gasteiger partial charge in [0.1, 0.15) is 0 Å². The average molecular weight is 265 g/mol. The molecule has 0 amide bonds. The fraction of sp³-hybridized carbons (Fsp3) is 0.467. The van der Waals surface area contributed by atoms with Crippen LogP contribution in [-0.4, -0.2) is 26.0 Å². The van der Waals surface area contributed by atoms with E-state index in [2.05, 4.69) is 49.5 Å². The zero-order valence-corrected chi connectivity index (χ0v) is 12.3. The molecule has 0 aliphatic heterocycles. The summed E-state index contributed by atoms with van der Waals surface area (Å²) < 4.78 is 4.99. The average Bonchev–Trinajstić information content (AvgIpc) is 2.36. The second-order valence-electron chi connectivity index (χ2n) is 4.41. The molecule has 0 unspecified atom stereocenters. The predicted molar refractivity (Wildman–Crippen MR) is 80.2 cm³/mol. The maximum Gasteiger partial charge on any atom is 0.0587 e. The highest BCUT2D eigenvalue weighted by Gasteiger charge is 1.95. The molecule has 1 N–H and O–H groups in total. The first-order valence-corrected chi connectivity index (χ1v) is 7.25. The van der Waals surface area contributed by atoms with E-state index in [1.807, 2.05) is 11.8 Å². The molecule has 100 valence electrons. The standard InChI is InChI=1S/C15H23NOS/c1-13(2)8-11-18-15-6-4-14(5-7-15)12-16-9-10-17-3/h4-8,16H,9-12H2,1-3H3. The summed E-state index contributed by atoms with van der Waals surface area (Å²) in [6, 6.07) is 8.75. The number of allylic oxidation sites excluding steroid dienone is 1. The highest BCUT2D eigenvalue weighted by molar-refractivity contribution is 7.99. The maximum atomic E-state index is 4.99. The van der Waals surface area contributed by atoms with Gasteiger partial charge in [0.25, 0.3) is 0 Å². The summed E-state index contributed by atoms with van der Waals surface area (Å²) in [5.41, 5.74) is 2.69. The van der Waals surface area contributed by atoms with Crippen LogP contribution >= 0.6 is 11.8 Å². The van der Waals surface area contributed by atoms with Gasteiger partial charge in [0.15, 0.2) is 0 Å². The van der Waals surface area contributed by atoms with Gasteiger partial charge >= 0.3 is 0 Å². The molecule has 2 nitrogen and oxygen atoms in total. The van der Waals surface area contributed by atoms with E-state index in [0.717, 1.165) is 25.4 Å². The Balaban J connectivity index is 2.31. The Hall–Kier alpha value is -0.770. The lowest BCUT2D eigenvalue weighted by molar-refractivity contribution is 0.199. The minimum absolute atomic E-state index is 0.761. The Kier molecular flexibility index (Phi) is 7.81. The number of benzene rings is 1. The van der Waals surface area contributed by atoms with E-state index in [1.54, 1.807) is 7.11 Å². The van der Waals surface area contributed by atoms with Gasteiger partial charge in [0, 0.05) is 30.8 Å². The van der Waals surface area contributed by atoms with Gasteiger partial charge in [0.05, 0.1) is 6.61 Å². The third-order valence-corrected chi connectivity index (χ3v) is 3.42. The first-order valence-electron chi connectivity index (χ1n) is 6.27. The molecule has 1 rings (SSSR count). The van der Waals surface area contributed by atoms with Crippen molar-refractivity contribution < 1.29 is 4.74 Å².